The first kappa shape index (κ1) is 13.9. The van der Waals surface area contributed by atoms with Crippen molar-refractivity contribution in [2.24, 2.45) is 7.05 Å². The van der Waals surface area contributed by atoms with Crippen molar-refractivity contribution >= 4 is 16.9 Å². The number of aromatic nitrogens is 1. The smallest absolute Gasteiger partial charge is 0.308 e. The summed E-state index contributed by atoms with van der Waals surface area (Å²) in [4.78, 5) is 23.0. The highest BCUT2D eigenvalue weighted by Gasteiger charge is 2.14. The third kappa shape index (κ3) is 2.32. The Balaban J connectivity index is 2.82. The van der Waals surface area contributed by atoms with E-state index in [0.29, 0.717) is 22.4 Å². The zero-order valence-corrected chi connectivity index (χ0v) is 11.5. The van der Waals surface area contributed by atoms with E-state index in [1.165, 1.54) is 18.8 Å². The van der Waals surface area contributed by atoms with Gasteiger partial charge in [0.15, 0.2) is 0 Å². The molecule has 6 heteroatoms. The summed E-state index contributed by atoms with van der Waals surface area (Å²) in [5, 5.41) is 9.54. The Bertz CT molecular complexity index is 732. The molecule has 0 fully saturated rings. The summed E-state index contributed by atoms with van der Waals surface area (Å²) in [6.07, 6.45) is -0.322. The average Bonchev–Trinajstić information content (AvgIpc) is 2.43. The van der Waals surface area contributed by atoms with Crippen LogP contribution >= 0.6 is 0 Å². The van der Waals surface area contributed by atoms with Crippen molar-refractivity contribution in [2.45, 2.75) is 6.42 Å². The molecule has 106 valence electrons. The first-order valence-corrected chi connectivity index (χ1v) is 5.94. The molecule has 1 heterocycles. The van der Waals surface area contributed by atoms with Crippen molar-refractivity contribution in [3.8, 4) is 11.5 Å². The molecule has 0 saturated heterocycles. The summed E-state index contributed by atoms with van der Waals surface area (Å²) in [6.45, 7) is 0. The summed E-state index contributed by atoms with van der Waals surface area (Å²) in [5.41, 5.74) is 0.506. The van der Waals surface area contributed by atoms with E-state index >= 15 is 0 Å². The van der Waals surface area contributed by atoms with E-state index in [-0.39, 0.29) is 17.5 Å². The van der Waals surface area contributed by atoms with Gasteiger partial charge in [0.05, 0.1) is 26.2 Å². The predicted octanol–water partition coefficient (Wildman–Crippen LogP) is 1.18. The van der Waals surface area contributed by atoms with E-state index in [2.05, 4.69) is 0 Å². The molecule has 0 aliphatic carbocycles. The van der Waals surface area contributed by atoms with E-state index in [9.17, 15) is 9.59 Å². The van der Waals surface area contributed by atoms with Crippen LogP contribution in [0.25, 0.3) is 10.9 Å². The second-order valence-corrected chi connectivity index (χ2v) is 4.37. The number of nitrogens with zero attached hydrogens (tertiary/aromatic N) is 1. The second-order valence-electron chi connectivity index (χ2n) is 4.37. The fraction of sp³-hybridized carbons (Fsp3) is 0.286. The number of rotatable bonds is 4. The topological polar surface area (TPSA) is 77.8 Å². The van der Waals surface area contributed by atoms with Crippen molar-refractivity contribution in [3.63, 3.8) is 0 Å². The molecule has 0 aliphatic heterocycles. The van der Waals surface area contributed by atoms with Gasteiger partial charge in [-0.25, -0.2) is 0 Å². The van der Waals surface area contributed by atoms with Gasteiger partial charge in [-0.1, -0.05) is 0 Å². The number of carboxylic acids is 1. The normalized spacial score (nSPS) is 10.6. The molecule has 0 unspecified atom stereocenters. The number of hydrogen-bond acceptors (Lipinski definition) is 4. The number of methoxy groups -OCH3 is 2. The van der Waals surface area contributed by atoms with Gasteiger partial charge in [0, 0.05) is 30.1 Å². The maximum Gasteiger partial charge on any atom is 0.308 e. The molecule has 1 aromatic heterocycles. The number of aliphatic carboxylic acids is 1. The Morgan fingerprint density at radius 2 is 1.95 bits per heavy atom. The van der Waals surface area contributed by atoms with Crippen LogP contribution in [-0.2, 0) is 18.3 Å². The number of carbonyl (C=O) groups is 1. The van der Waals surface area contributed by atoms with Crippen LogP contribution in [0.15, 0.2) is 23.0 Å². The minimum absolute atomic E-state index is 0.218. The number of pyridine rings is 1. The van der Waals surface area contributed by atoms with Crippen LogP contribution in [0.4, 0.5) is 0 Å². The summed E-state index contributed by atoms with van der Waals surface area (Å²) < 4.78 is 11.8. The maximum atomic E-state index is 12.1. The van der Waals surface area contributed by atoms with E-state index in [1.807, 2.05) is 0 Å². The van der Waals surface area contributed by atoms with Crippen LogP contribution in [0.3, 0.4) is 0 Å². The maximum absolute atomic E-state index is 12.1. The summed E-state index contributed by atoms with van der Waals surface area (Å²) in [7, 11) is 4.63. The molecule has 0 bridgehead atoms. The Labute approximate surface area is 115 Å². The van der Waals surface area contributed by atoms with Crippen molar-refractivity contribution in [3.05, 3.63) is 34.1 Å². The van der Waals surface area contributed by atoms with Gasteiger partial charge in [-0.3, -0.25) is 9.59 Å². The van der Waals surface area contributed by atoms with Crippen molar-refractivity contribution in [1.82, 2.24) is 4.57 Å². The van der Waals surface area contributed by atoms with Gasteiger partial charge in [-0.15, -0.1) is 0 Å². The highest BCUT2D eigenvalue weighted by molar-refractivity contribution is 5.88. The van der Waals surface area contributed by atoms with Gasteiger partial charge < -0.3 is 19.1 Å². The van der Waals surface area contributed by atoms with E-state index in [0.717, 1.165) is 0 Å². The molecule has 0 amide bonds. The van der Waals surface area contributed by atoms with E-state index in [4.69, 9.17) is 14.6 Å². The first-order valence-electron chi connectivity index (χ1n) is 5.94. The highest BCUT2D eigenvalue weighted by Crippen LogP contribution is 2.30. The summed E-state index contributed by atoms with van der Waals surface area (Å²) >= 11 is 0. The highest BCUT2D eigenvalue weighted by atomic mass is 16.5. The Morgan fingerprint density at radius 1 is 1.25 bits per heavy atom. The van der Waals surface area contributed by atoms with Gasteiger partial charge in [0.1, 0.15) is 11.5 Å². The lowest BCUT2D eigenvalue weighted by molar-refractivity contribution is -0.136. The van der Waals surface area contributed by atoms with Gasteiger partial charge in [-0.2, -0.15) is 0 Å². The molecular weight excluding hydrogens is 262 g/mol. The zero-order chi connectivity index (χ0) is 14.9. The predicted molar refractivity (Wildman–Crippen MR) is 73.6 cm³/mol. The van der Waals surface area contributed by atoms with Crippen LogP contribution in [-0.4, -0.2) is 29.9 Å². The average molecular weight is 277 g/mol. The fourth-order valence-corrected chi connectivity index (χ4v) is 2.15. The van der Waals surface area contributed by atoms with Crippen LogP contribution in [0.2, 0.25) is 0 Å². The summed E-state index contributed by atoms with van der Waals surface area (Å²) in [5.74, 6) is 0.0471. The standard InChI is InChI=1S/C14H15NO5/c1-15-11-6-9(19-2)7-12(20-3)10(11)4-8(14(15)18)5-13(16)17/h4,6-7H,5H2,1-3H3,(H,16,17). The van der Waals surface area contributed by atoms with Crippen molar-refractivity contribution < 1.29 is 19.4 Å². The van der Waals surface area contributed by atoms with Crippen molar-refractivity contribution in [1.29, 1.82) is 0 Å². The summed E-state index contributed by atoms with van der Waals surface area (Å²) in [6, 6.07) is 4.96. The quantitative estimate of drug-likeness (QED) is 0.908. The lowest BCUT2D eigenvalue weighted by Gasteiger charge is -2.13. The number of aryl methyl sites for hydroxylation is 1. The molecular formula is C14H15NO5. The van der Waals surface area contributed by atoms with Gasteiger partial charge in [0.25, 0.3) is 5.56 Å². The third-order valence-electron chi connectivity index (χ3n) is 3.15. The van der Waals surface area contributed by atoms with Gasteiger partial charge in [0.2, 0.25) is 0 Å². The number of benzene rings is 1. The number of fused-ring (bicyclic) bond motifs is 1. The van der Waals surface area contributed by atoms with E-state index in [1.54, 1.807) is 25.2 Å². The SMILES string of the molecule is COc1cc(OC)c2cc(CC(=O)O)c(=O)n(C)c2c1. The third-order valence-corrected chi connectivity index (χ3v) is 3.15. The molecule has 0 aliphatic rings. The second kappa shape index (κ2) is 5.24. The molecule has 2 rings (SSSR count). The molecule has 20 heavy (non-hydrogen) atoms. The van der Waals surface area contributed by atoms with Crippen molar-refractivity contribution in [2.75, 3.05) is 14.2 Å². The zero-order valence-electron chi connectivity index (χ0n) is 11.5. The van der Waals surface area contributed by atoms with Crippen LogP contribution in [0, 0.1) is 0 Å². The monoisotopic (exact) mass is 277 g/mol. The molecule has 1 N–H and O–H groups in total. The van der Waals surface area contributed by atoms with Gasteiger partial charge in [-0.05, 0) is 6.07 Å². The Hall–Kier alpha value is -2.50. The number of hydrogen-bond donors (Lipinski definition) is 1. The molecule has 0 saturated carbocycles. The fourth-order valence-electron chi connectivity index (χ4n) is 2.15. The number of ether oxygens (including phenoxy) is 2. The van der Waals surface area contributed by atoms with Crippen LogP contribution in [0.5, 0.6) is 11.5 Å². The largest absolute Gasteiger partial charge is 0.497 e. The molecule has 0 spiro atoms. The van der Waals surface area contributed by atoms with Crippen LogP contribution in [0.1, 0.15) is 5.56 Å². The Kier molecular flexibility index (Phi) is 3.65. The molecule has 2 aromatic rings. The molecule has 6 nitrogen and oxygen atoms in total. The lowest BCUT2D eigenvalue weighted by Crippen LogP contribution is -2.23. The first-order chi connectivity index (χ1) is 9.47. The minimum atomic E-state index is -1.05. The molecule has 1 aromatic carbocycles. The lowest BCUT2D eigenvalue weighted by atomic mass is 10.1. The van der Waals surface area contributed by atoms with Gasteiger partial charge >= 0.3 is 5.97 Å². The Morgan fingerprint density at radius 3 is 2.50 bits per heavy atom. The van der Waals surface area contributed by atoms with Crippen LogP contribution < -0.4 is 15.0 Å². The minimum Gasteiger partial charge on any atom is -0.497 e. The molecule has 0 atom stereocenters. The molecule has 0 radical (unpaired) electrons. The number of carboxylic acid groups (broad SMARTS) is 1. The van der Waals surface area contributed by atoms with E-state index < -0.39 is 5.97 Å².